The summed E-state index contributed by atoms with van der Waals surface area (Å²) in [6.07, 6.45) is 0. The topological polar surface area (TPSA) is 266 Å². The van der Waals surface area contributed by atoms with E-state index in [1.54, 1.807) is 0 Å². The molecule has 0 heterocycles. The summed E-state index contributed by atoms with van der Waals surface area (Å²) in [5.41, 5.74) is -0.333. The molecular weight excluding hydrogens is 745 g/mol. The highest BCUT2D eigenvalue weighted by Crippen LogP contribution is 2.36. The molecule has 54 heavy (non-hydrogen) atoms. The summed E-state index contributed by atoms with van der Waals surface area (Å²) < 4.78 is 66.6. The highest BCUT2D eigenvalue weighted by Gasteiger charge is 2.21. The number of anilines is 4. The molecule has 6 aromatic rings. The maximum atomic E-state index is 13.2. The van der Waals surface area contributed by atoms with E-state index in [4.69, 9.17) is 0 Å². The lowest BCUT2D eigenvalue weighted by molar-refractivity contribution is -0.132. The quantitative estimate of drug-likeness (QED) is 0.0753. The average molecular weight is 771 g/mol. The van der Waals surface area contributed by atoms with Gasteiger partial charge in [-0.15, -0.1) is 0 Å². The molecule has 0 unspecified atom stereocenters. The first-order valence-electron chi connectivity index (χ1n) is 15.4. The largest absolute Gasteiger partial charge is 0.507 e. The zero-order valence-corrected chi connectivity index (χ0v) is 28.9. The molecule has 0 atom stereocenters. The van der Waals surface area contributed by atoms with E-state index in [0.29, 0.717) is 0 Å². The molecule has 0 saturated carbocycles. The number of phenolic OH excluding ortho intramolecular Hbond substituents is 2. The number of amides is 4. The Kier molecular flexibility index (Phi) is 9.76. The van der Waals surface area contributed by atoms with E-state index in [1.165, 1.54) is 84.9 Å². The second kappa shape index (κ2) is 14.3. The van der Waals surface area contributed by atoms with Gasteiger partial charge in [0.05, 0.1) is 21.2 Å². The van der Waals surface area contributed by atoms with Gasteiger partial charge in [0.1, 0.15) is 11.5 Å². The Labute approximate surface area is 305 Å². The van der Waals surface area contributed by atoms with Crippen LogP contribution in [0.5, 0.6) is 11.5 Å². The van der Waals surface area contributed by atoms with E-state index in [-0.39, 0.29) is 66.9 Å². The number of aromatic hydroxyl groups is 2. The van der Waals surface area contributed by atoms with Crippen LogP contribution in [0.2, 0.25) is 0 Å². The van der Waals surface area contributed by atoms with E-state index in [2.05, 4.69) is 21.3 Å². The van der Waals surface area contributed by atoms with Crippen LogP contribution in [0.15, 0.2) is 119 Å². The predicted octanol–water partition coefficient (Wildman–Crippen LogP) is 4.98. The van der Waals surface area contributed by atoms with Crippen molar-refractivity contribution in [3.8, 4) is 11.5 Å². The Balaban J connectivity index is 1.15. The lowest BCUT2D eigenvalue weighted by Crippen LogP contribution is -2.29. The molecule has 0 saturated heterocycles. The van der Waals surface area contributed by atoms with Gasteiger partial charge in [-0.1, -0.05) is 36.4 Å². The summed E-state index contributed by atoms with van der Waals surface area (Å²) in [5, 5.41) is 31.1. The van der Waals surface area contributed by atoms with Crippen molar-refractivity contribution in [2.75, 3.05) is 21.3 Å². The molecule has 0 aliphatic carbocycles. The average Bonchev–Trinajstić information content (AvgIpc) is 3.11. The van der Waals surface area contributed by atoms with Crippen LogP contribution in [0, 0.1) is 0 Å². The Morgan fingerprint density at radius 1 is 0.463 bits per heavy atom. The molecule has 18 heteroatoms. The number of hydrogen-bond donors (Lipinski definition) is 8. The van der Waals surface area contributed by atoms with Gasteiger partial charge in [0.2, 0.25) is 0 Å². The molecule has 6 aromatic carbocycles. The molecule has 0 fully saturated rings. The van der Waals surface area contributed by atoms with Gasteiger partial charge < -0.3 is 31.5 Å². The van der Waals surface area contributed by atoms with Crippen LogP contribution in [-0.4, -0.2) is 59.8 Å². The minimum Gasteiger partial charge on any atom is -0.507 e. The third-order valence-corrected chi connectivity index (χ3v) is 9.58. The molecule has 0 aliphatic rings. The fourth-order valence-electron chi connectivity index (χ4n) is 5.50. The number of hydrogen-bond acceptors (Lipinski definition) is 10. The Bertz CT molecular complexity index is 2600. The molecule has 4 amide bonds. The first-order chi connectivity index (χ1) is 25.5. The first kappa shape index (κ1) is 36.9. The van der Waals surface area contributed by atoms with Crippen molar-refractivity contribution in [2.24, 2.45) is 0 Å². The SMILES string of the molecule is O=C(Nc1cccc(C(=O)Nc2cc(S(=O)(=O)O)cc3cccc(O)c23)c1)C(=O)Nc1cccc(C(=O)Nc2cc(S(=O)(=O)O)cc3cccc(O)c23)c1. The second-order valence-corrected chi connectivity index (χ2v) is 14.5. The summed E-state index contributed by atoms with van der Waals surface area (Å²) >= 11 is 0. The molecular formula is C36H26N4O12S2. The number of phenols is 2. The van der Waals surface area contributed by atoms with Crippen LogP contribution in [0.25, 0.3) is 21.5 Å². The Morgan fingerprint density at radius 3 is 1.20 bits per heavy atom. The van der Waals surface area contributed by atoms with Gasteiger partial charge in [0.25, 0.3) is 32.1 Å². The Hall–Kier alpha value is -6.86. The number of benzene rings is 6. The van der Waals surface area contributed by atoms with Gasteiger partial charge >= 0.3 is 11.8 Å². The van der Waals surface area contributed by atoms with Crippen molar-refractivity contribution in [1.29, 1.82) is 0 Å². The van der Waals surface area contributed by atoms with Gasteiger partial charge in [-0.2, -0.15) is 16.8 Å². The van der Waals surface area contributed by atoms with Crippen molar-refractivity contribution in [2.45, 2.75) is 9.79 Å². The van der Waals surface area contributed by atoms with Crippen LogP contribution in [-0.2, 0) is 29.8 Å². The maximum Gasteiger partial charge on any atom is 0.314 e. The van der Waals surface area contributed by atoms with E-state index in [1.807, 2.05) is 0 Å². The minimum absolute atomic E-state index is 0.0120. The zero-order chi connectivity index (χ0) is 38.9. The van der Waals surface area contributed by atoms with E-state index in [0.717, 1.165) is 24.3 Å². The van der Waals surface area contributed by atoms with E-state index in [9.17, 15) is 55.3 Å². The summed E-state index contributed by atoms with van der Waals surface area (Å²) in [6.45, 7) is 0. The number of fused-ring (bicyclic) bond motifs is 2. The fourth-order valence-corrected chi connectivity index (χ4v) is 6.58. The molecule has 274 valence electrons. The highest BCUT2D eigenvalue weighted by molar-refractivity contribution is 7.86. The third-order valence-electron chi connectivity index (χ3n) is 7.92. The fraction of sp³-hybridized carbons (Fsp3) is 0. The van der Waals surface area contributed by atoms with Gasteiger partial charge in [-0.25, -0.2) is 0 Å². The predicted molar refractivity (Wildman–Crippen MR) is 197 cm³/mol. The number of rotatable bonds is 8. The number of carbonyl (C=O) groups is 4. The van der Waals surface area contributed by atoms with Gasteiger partial charge in [0, 0.05) is 33.3 Å². The van der Waals surface area contributed by atoms with Crippen LogP contribution in [0.1, 0.15) is 20.7 Å². The van der Waals surface area contributed by atoms with Gasteiger partial charge in [-0.05, 0) is 83.6 Å². The summed E-state index contributed by atoms with van der Waals surface area (Å²) in [5.74, 6) is -4.47. The van der Waals surface area contributed by atoms with Gasteiger partial charge in [0.15, 0.2) is 0 Å². The van der Waals surface area contributed by atoms with Crippen molar-refractivity contribution in [3.63, 3.8) is 0 Å². The lowest BCUT2D eigenvalue weighted by atomic mass is 10.1. The van der Waals surface area contributed by atoms with Gasteiger partial charge in [-0.3, -0.25) is 28.3 Å². The molecule has 0 spiro atoms. The Morgan fingerprint density at radius 2 is 0.833 bits per heavy atom. The lowest BCUT2D eigenvalue weighted by Gasteiger charge is -2.13. The molecule has 0 radical (unpaired) electrons. The smallest absolute Gasteiger partial charge is 0.314 e. The second-order valence-electron chi connectivity index (χ2n) is 11.6. The van der Waals surface area contributed by atoms with Crippen molar-refractivity contribution >= 4 is 88.2 Å². The molecule has 0 bridgehead atoms. The number of carbonyl (C=O) groups excluding carboxylic acids is 4. The standard InChI is InChI=1S/C36H26N4O12S2/c41-29-11-3-5-19-15-25(53(47,48)49)17-27(31(19)29)39-33(43)21-7-1-9-23(13-21)37-35(45)36(46)38-24-10-2-8-22(14-24)34(44)40-28-18-26(54(50,51)52)16-20-6-4-12-30(42)32(20)28/h1-18,41-42H,(H,37,45)(H,38,46)(H,39,43)(H,40,44)(H,47,48,49)(H,50,51,52). The van der Waals surface area contributed by atoms with E-state index < -0.39 is 53.7 Å². The molecule has 6 rings (SSSR count). The normalized spacial score (nSPS) is 11.5. The monoisotopic (exact) mass is 770 g/mol. The number of nitrogens with one attached hydrogen (secondary N) is 4. The molecule has 16 nitrogen and oxygen atoms in total. The van der Waals surface area contributed by atoms with Crippen molar-refractivity contribution in [3.05, 3.63) is 120 Å². The third kappa shape index (κ3) is 7.96. The molecule has 0 aliphatic heterocycles. The van der Waals surface area contributed by atoms with Crippen LogP contribution in [0.4, 0.5) is 22.7 Å². The minimum atomic E-state index is -4.69. The highest BCUT2D eigenvalue weighted by atomic mass is 32.2. The zero-order valence-electron chi connectivity index (χ0n) is 27.3. The van der Waals surface area contributed by atoms with Crippen LogP contribution >= 0.6 is 0 Å². The van der Waals surface area contributed by atoms with Crippen molar-refractivity contribution in [1.82, 2.24) is 0 Å². The molecule has 8 N–H and O–H groups in total. The van der Waals surface area contributed by atoms with E-state index >= 15 is 0 Å². The summed E-state index contributed by atoms with van der Waals surface area (Å²) in [7, 11) is -9.38. The van der Waals surface area contributed by atoms with Crippen LogP contribution < -0.4 is 21.3 Å². The van der Waals surface area contributed by atoms with Crippen molar-refractivity contribution < 1.29 is 55.3 Å². The maximum absolute atomic E-state index is 13.2. The van der Waals surface area contributed by atoms with Crippen LogP contribution in [0.3, 0.4) is 0 Å². The summed E-state index contributed by atoms with van der Waals surface area (Å²) in [4.78, 5) is 51.0. The molecule has 0 aromatic heterocycles. The first-order valence-corrected chi connectivity index (χ1v) is 18.3. The summed E-state index contributed by atoms with van der Waals surface area (Å²) in [6, 6.07) is 23.4.